The van der Waals surface area contributed by atoms with Crippen LogP contribution < -0.4 is 18.9 Å². The van der Waals surface area contributed by atoms with E-state index in [0.29, 0.717) is 26.4 Å². The number of unbranched alkanes of at least 4 members (excludes halogenated alkanes) is 36. The Balaban J connectivity index is 0.826. The minimum absolute atomic E-state index is 0.694. The fraction of sp³-hybridized carbons (Fsp3) is 0.407. The van der Waals surface area contributed by atoms with Crippen molar-refractivity contribution in [3.8, 4) is 89.8 Å². The quantitative estimate of drug-likeness (QED) is 0.0275. The van der Waals surface area contributed by atoms with Crippen molar-refractivity contribution in [2.24, 2.45) is 0 Å². The average molecular weight is 1740 g/mol. The van der Waals surface area contributed by atoms with E-state index in [9.17, 15) is 0 Å². The van der Waals surface area contributed by atoms with E-state index in [1.165, 1.54) is 231 Å². The van der Waals surface area contributed by atoms with E-state index >= 15 is 0 Å². The molecule has 10 heterocycles. The lowest BCUT2D eigenvalue weighted by Crippen LogP contribution is -1.97. The summed E-state index contributed by atoms with van der Waals surface area (Å²) in [5, 5.41) is 0. The van der Waals surface area contributed by atoms with Gasteiger partial charge in [0.1, 0.15) is 23.0 Å². The van der Waals surface area contributed by atoms with E-state index in [1.807, 2.05) is 0 Å². The van der Waals surface area contributed by atoms with Crippen LogP contribution in [0, 0.1) is 0 Å². The van der Waals surface area contributed by atoms with Gasteiger partial charge in [0.2, 0.25) is 0 Å². The SMILES string of the molecule is CCCCCCCCCCCCOc1ccc(-c2c3nc(c(-c4cccc(-c5c6nc(c(-c7ccc(OCCCCCCCCCCCC)cc7)c7ccc(cc8nc(c(-c9ccc(OCCCCCCCCCCCC)cc9)c9ccc5[nH]9)C=C8)[nH]7)C=C6)c4)c4ccc([nH]4)c(-c4ccc(OCCCCCCCCCCCC)cc4)c4nc(cc5ccc2[nH]5)C=C4)C=C3)cc1. The van der Waals surface area contributed by atoms with Crippen molar-refractivity contribution in [1.82, 2.24) is 39.9 Å². The maximum atomic E-state index is 6.47. The number of nitrogens with zero attached hydrogens (tertiary/aromatic N) is 4. The van der Waals surface area contributed by atoms with Crippen molar-refractivity contribution < 1.29 is 18.9 Å². The van der Waals surface area contributed by atoms with E-state index in [2.05, 4.69) is 278 Å². The second-order valence-electron chi connectivity index (χ2n) is 36.5. The van der Waals surface area contributed by atoms with Gasteiger partial charge < -0.3 is 38.9 Å². The van der Waals surface area contributed by atoms with Gasteiger partial charge in [0.25, 0.3) is 0 Å². The molecule has 0 unspecified atom stereocenters. The number of nitrogens with one attached hydrogen (secondary N) is 4. The molecule has 16 bridgehead atoms. The molecule has 0 saturated heterocycles. The van der Waals surface area contributed by atoms with Crippen LogP contribution in [-0.2, 0) is 0 Å². The molecule has 678 valence electrons. The zero-order valence-electron chi connectivity index (χ0n) is 78.5. The molecule has 0 spiro atoms. The van der Waals surface area contributed by atoms with Crippen LogP contribution in [0.1, 0.15) is 330 Å². The molecule has 5 aromatic carbocycles. The van der Waals surface area contributed by atoms with Crippen molar-refractivity contribution in [2.45, 2.75) is 285 Å². The lowest BCUT2D eigenvalue weighted by atomic mass is 9.97. The maximum absolute atomic E-state index is 6.47. The number of ether oxygens (including phenoxy) is 4. The monoisotopic (exact) mass is 1740 g/mol. The third-order valence-electron chi connectivity index (χ3n) is 26.2. The van der Waals surface area contributed by atoms with Gasteiger partial charge in [-0.3, -0.25) is 0 Å². The number of rotatable bonds is 54. The van der Waals surface area contributed by atoms with E-state index < -0.39 is 0 Å². The van der Waals surface area contributed by atoms with Crippen molar-refractivity contribution in [3.05, 3.63) is 228 Å². The molecule has 0 aliphatic carbocycles. The predicted molar refractivity (Wildman–Crippen MR) is 553 cm³/mol. The molecule has 0 saturated carbocycles. The lowest BCUT2D eigenvalue weighted by Gasteiger charge is -2.10. The first-order valence-corrected chi connectivity index (χ1v) is 50.6. The molecule has 15 rings (SSSR count). The third kappa shape index (κ3) is 26.4. The van der Waals surface area contributed by atoms with E-state index in [-0.39, 0.29) is 0 Å². The summed E-state index contributed by atoms with van der Waals surface area (Å²) in [7, 11) is 0. The van der Waals surface area contributed by atoms with Crippen LogP contribution in [0.4, 0.5) is 0 Å². The van der Waals surface area contributed by atoms with Crippen molar-refractivity contribution in [3.63, 3.8) is 0 Å². The summed E-state index contributed by atoms with van der Waals surface area (Å²) >= 11 is 0. The van der Waals surface area contributed by atoms with Crippen molar-refractivity contribution in [2.75, 3.05) is 26.4 Å². The summed E-state index contributed by atoms with van der Waals surface area (Å²) in [5.74, 6) is 3.46. The molecule has 4 aliphatic rings. The van der Waals surface area contributed by atoms with Gasteiger partial charge >= 0.3 is 0 Å². The van der Waals surface area contributed by atoms with Crippen molar-refractivity contribution >= 4 is 92.7 Å². The molecule has 4 N–H and O–H groups in total. The normalized spacial score (nSPS) is 12.2. The van der Waals surface area contributed by atoms with Crippen LogP contribution in [-0.4, -0.2) is 66.3 Å². The Labute approximate surface area is 774 Å². The maximum Gasteiger partial charge on any atom is 0.119 e. The van der Waals surface area contributed by atoms with E-state index in [4.69, 9.17) is 38.9 Å². The van der Waals surface area contributed by atoms with E-state index in [1.54, 1.807) is 0 Å². The summed E-state index contributed by atoms with van der Waals surface area (Å²) in [6.07, 6.45) is 68.6. The minimum atomic E-state index is 0.694. The molecule has 130 heavy (non-hydrogen) atoms. The van der Waals surface area contributed by atoms with Crippen LogP contribution >= 0.6 is 0 Å². The first kappa shape index (κ1) is 93.2. The van der Waals surface area contributed by atoms with Gasteiger partial charge in [-0.15, -0.1) is 0 Å². The van der Waals surface area contributed by atoms with E-state index in [0.717, 1.165) is 205 Å². The zero-order valence-corrected chi connectivity index (χ0v) is 78.5. The highest BCUT2D eigenvalue weighted by atomic mass is 16.5. The molecule has 12 nitrogen and oxygen atoms in total. The first-order chi connectivity index (χ1) is 64.3. The van der Waals surface area contributed by atoms with Crippen molar-refractivity contribution in [1.29, 1.82) is 0 Å². The Hall–Kier alpha value is -11.5. The summed E-state index contributed by atoms with van der Waals surface area (Å²) in [6, 6.07) is 65.2. The number of hydrogen-bond donors (Lipinski definition) is 4. The highest BCUT2D eigenvalue weighted by molar-refractivity contribution is 6.02. The fourth-order valence-electron chi connectivity index (χ4n) is 18.9. The van der Waals surface area contributed by atoms with Crippen LogP contribution in [0.5, 0.6) is 23.0 Å². The molecule has 0 amide bonds. The summed E-state index contributed by atoms with van der Waals surface area (Å²) < 4.78 is 25.9. The molecule has 12 heteroatoms. The highest BCUT2D eigenvalue weighted by Gasteiger charge is 2.23. The molecule has 11 aromatic rings. The lowest BCUT2D eigenvalue weighted by molar-refractivity contribution is 0.304. The van der Waals surface area contributed by atoms with Gasteiger partial charge in [-0.25, -0.2) is 19.9 Å². The van der Waals surface area contributed by atoms with Gasteiger partial charge in [0.15, 0.2) is 0 Å². The number of fused-ring (bicyclic) bond motifs is 16. The van der Waals surface area contributed by atoms with Crippen LogP contribution in [0.3, 0.4) is 0 Å². The summed E-state index contributed by atoms with van der Waals surface area (Å²) in [5.41, 5.74) is 25.9. The van der Waals surface area contributed by atoms with Gasteiger partial charge in [0, 0.05) is 77.5 Å². The smallest absolute Gasteiger partial charge is 0.119 e. The highest BCUT2D eigenvalue weighted by Crippen LogP contribution is 2.43. The number of benzene rings is 5. The zero-order chi connectivity index (χ0) is 88.9. The van der Waals surface area contributed by atoms with Gasteiger partial charge in [-0.2, -0.15) is 0 Å². The third-order valence-corrected chi connectivity index (χ3v) is 26.2. The Morgan fingerprint density at radius 3 is 0.669 bits per heavy atom. The van der Waals surface area contributed by atoms with Crippen LogP contribution in [0.2, 0.25) is 0 Å². The number of aromatic nitrogens is 8. The average Bonchev–Trinajstić information content (AvgIpc) is 1.62. The second kappa shape index (κ2) is 50.1. The molecule has 0 atom stereocenters. The van der Waals surface area contributed by atoms with Crippen LogP contribution in [0.15, 0.2) is 182 Å². The Bertz CT molecular complexity index is 5400. The molecule has 0 radical (unpaired) electrons. The fourth-order valence-corrected chi connectivity index (χ4v) is 18.9. The van der Waals surface area contributed by atoms with Gasteiger partial charge in [0.05, 0.1) is 72.0 Å². The Morgan fingerprint density at radius 2 is 0.408 bits per heavy atom. The molecular formula is C118H142N8O4. The van der Waals surface area contributed by atoms with Gasteiger partial charge in [-0.05, 0) is 223 Å². The summed E-state index contributed by atoms with van der Waals surface area (Å²) in [6.45, 7) is 11.9. The largest absolute Gasteiger partial charge is 0.494 e. The number of aromatic amines is 4. The first-order valence-electron chi connectivity index (χ1n) is 50.6. The topological polar surface area (TPSA) is 152 Å². The number of H-pyrrole nitrogens is 4. The Kier molecular flexibility index (Phi) is 35.9. The minimum Gasteiger partial charge on any atom is -0.494 e. The van der Waals surface area contributed by atoms with Gasteiger partial charge in [-0.1, -0.05) is 326 Å². The second-order valence-corrected chi connectivity index (χ2v) is 36.5. The summed E-state index contributed by atoms with van der Waals surface area (Å²) in [4.78, 5) is 38.3. The molecule has 6 aromatic heterocycles. The number of hydrogen-bond acceptors (Lipinski definition) is 8. The Morgan fingerprint density at radius 1 is 0.192 bits per heavy atom. The van der Waals surface area contributed by atoms with Crippen LogP contribution in [0.25, 0.3) is 160 Å². The molecule has 4 aliphatic heterocycles. The predicted octanol–water partition coefficient (Wildman–Crippen LogP) is 34.8. The molecule has 0 fully saturated rings. The standard InChI is InChI=1S/C118H142N8O4/c1-5-9-13-17-21-25-29-33-37-41-80-127-97-60-48-87(49-61-97)113-101-68-56-93(119-101)85-94-57-69-102(120-94)114(88-50-62-98(63-51-88)128-81-42-38-34-30-26-22-18-14-10-6-2)106-73-77-110(124-106)117(109-76-72-105(113)123-109)91-46-45-47-92(84-91)118-111-78-74-107(125-111)115(89-52-64-99(65-53-89)129-82-43-39-35-31-27-23-19-15-11-7-3)103-70-58-95(121-103)86-96-59-71-104(122-96)116(108-75-79-112(118)126-108)90-54-66-100(67-55-90)130-83-44-40-36-32-28-24-20-16-12-8-4/h45-79,84-86,119,121,124,126H,5-44,80-83H2,1-4H3. The molecular weight excluding hydrogens is 1590 g/mol.